The average molecular weight is 1080 g/mol. The summed E-state index contributed by atoms with van der Waals surface area (Å²) < 4.78 is 0. The summed E-state index contributed by atoms with van der Waals surface area (Å²) in [5.41, 5.74) is 27.9. The molecule has 0 fully saturated rings. The van der Waals surface area contributed by atoms with E-state index in [1.165, 1.54) is 117 Å². The molecule has 0 aromatic heterocycles. The molecule has 8 aromatic carbocycles. The van der Waals surface area contributed by atoms with Gasteiger partial charge in [0, 0.05) is 0 Å². The van der Waals surface area contributed by atoms with Gasteiger partial charge in [0.15, 0.2) is 0 Å². The highest BCUT2D eigenvalue weighted by Gasteiger charge is 2.32. The van der Waals surface area contributed by atoms with Gasteiger partial charge < -0.3 is 4.80 Å². The van der Waals surface area contributed by atoms with Crippen LogP contribution in [-0.4, -0.2) is 13.8 Å². The average Bonchev–Trinajstić information content (AvgIpc) is 3.41. The molecule has 1 nitrogen and oxygen atoms in total. The van der Waals surface area contributed by atoms with Crippen LogP contribution in [0.2, 0.25) is 0 Å². The van der Waals surface area contributed by atoms with Gasteiger partial charge in [0.05, 0.1) is 0 Å². The maximum absolute atomic E-state index is 13.8. The molecule has 0 amide bonds. The first-order chi connectivity index (χ1) is 37.9. The van der Waals surface area contributed by atoms with Crippen molar-refractivity contribution in [3.63, 3.8) is 0 Å². The van der Waals surface area contributed by atoms with Crippen molar-refractivity contribution in [1.29, 1.82) is 0 Å². The lowest BCUT2D eigenvalue weighted by molar-refractivity contribution is 0.587. The predicted molar refractivity (Wildman–Crippen MR) is 352 cm³/mol. The fourth-order valence-electron chi connectivity index (χ4n) is 12.8. The van der Waals surface area contributed by atoms with E-state index in [-0.39, 0.29) is 5.41 Å². The summed E-state index contributed by atoms with van der Waals surface area (Å²) in [6, 6.07) is 58.1. The molecule has 0 unspecified atom stereocenters. The molecule has 0 saturated heterocycles. The zero-order valence-electron chi connectivity index (χ0n) is 52.4. The summed E-state index contributed by atoms with van der Waals surface area (Å²) in [6.45, 7) is 44.8. The Morgan fingerprint density at radius 3 is 0.787 bits per heavy atom. The van der Waals surface area contributed by atoms with E-state index in [2.05, 4.69) is 283 Å². The van der Waals surface area contributed by atoms with Crippen molar-refractivity contribution in [2.24, 2.45) is 0 Å². The van der Waals surface area contributed by atoms with Crippen LogP contribution in [0.5, 0.6) is 0 Å². The molecule has 2 heteroatoms. The van der Waals surface area contributed by atoms with Crippen molar-refractivity contribution >= 4 is 19.4 Å². The zero-order chi connectivity index (χ0) is 58.1. The molecule has 0 spiro atoms. The lowest BCUT2D eigenvalue weighted by Gasteiger charge is -2.30. The number of hydrogen-bond acceptors (Lipinski definition) is 1. The van der Waals surface area contributed by atoms with Crippen molar-refractivity contribution in [2.45, 2.75) is 197 Å². The molecule has 8 aromatic rings. The second-order valence-corrected chi connectivity index (χ2v) is 28.4. The minimum absolute atomic E-state index is 0.198. The van der Waals surface area contributed by atoms with E-state index in [0.717, 1.165) is 10.4 Å². The lowest BCUT2D eigenvalue weighted by atomic mass is 9.76. The van der Waals surface area contributed by atoms with E-state index in [0.29, 0.717) is 60.2 Å². The van der Waals surface area contributed by atoms with Crippen molar-refractivity contribution in [1.82, 2.24) is 0 Å². The van der Waals surface area contributed by atoms with Crippen LogP contribution in [0, 0.1) is 0 Å². The third kappa shape index (κ3) is 12.2. The van der Waals surface area contributed by atoms with Crippen molar-refractivity contribution in [2.75, 3.05) is 0 Å². The molecule has 0 bridgehead atoms. The van der Waals surface area contributed by atoms with E-state index >= 15 is 0 Å². The van der Waals surface area contributed by atoms with Crippen LogP contribution >= 0.6 is 0 Å². The molecular formula is C78H95OSi. The summed E-state index contributed by atoms with van der Waals surface area (Å²) in [6.07, 6.45) is 1.31. The molecule has 417 valence electrons. The van der Waals surface area contributed by atoms with Gasteiger partial charge >= 0.3 is 0 Å². The number of rotatable bonds is 18. The number of benzene rings is 8. The maximum Gasteiger partial charge on any atom is 0.280 e. The Bertz CT molecular complexity index is 2980. The minimum atomic E-state index is -2.38. The Kier molecular flexibility index (Phi) is 18.7. The fraction of sp³-hybridized carbons (Fsp3) is 0.385. The lowest BCUT2D eigenvalue weighted by Crippen LogP contribution is -2.46. The van der Waals surface area contributed by atoms with Crippen LogP contribution in [0.3, 0.4) is 0 Å². The van der Waals surface area contributed by atoms with Crippen molar-refractivity contribution < 1.29 is 4.80 Å². The van der Waals surface area contributed by atoms with Gasteiger partial charge in [0.25, 0.3) is 9.04 Å². The maximum atomic E-state index is 13.8. The van der Waals surface area contributed by atoms with Gasteiger partial charge in [-0.2, -0.15) is 0 Å². The molecule has 0 aliphatic heterocycles. The van der Waals surface area contributed by atoms with Gasteiger partial charge in [0.1, 0.15) is 0 Å². The van der Waals surface area contributed by atoms with E-state index < -0.39 is 9.04 Å². The van der Waals surface area contributed by atoms with Crippen LogP contribution in [-0.2, 0) is 18.3 Å². The Morgan fingerprint density at radius 2 is 0.562 bits per heavy atom. The Labute approximate surface area is 487 Å². The van der Waals surface area contributed by atoms with Crippen LogP contribution in [0.1, 0.15) is 251 Å². The number of hydrogen-bond donors (Lipinski definition) is 1. The van der Waals surface area contributed by atoms with Gasteiger partial charge in [-0.3, -0.25) is 0 Å². The highest BCUT2D eigenvalue weighted by Crippen LogP contribution is 2.48. The molecule has 0 saturated carbocycles. The van der Waals surface area contributed by atoms with Gasteiger partial charge in [-0.25, -0.2) is 0 Å². The van der Waals surface area contributed by atoms with Crippen molar-refractivity contribution in [3.8, 4) is 44.5 Å². The summed E-state index contributed by atoms with van der Waals surface area (Å²) in [5, 5.41) is 2.12. The first-order valence-electron chi connectivity index (χ1n) is 30.5. The van der Waals surface area contributed by atoms with Crippen molar-refractivity contribution in [3.05, 3.63) is 224 Å². The minimum Gasteiger partial charge on any atom is -0.424 e. The van der Waals surface area contributed by atoms with Crippen LogP contribution < -0.4 is 10.4 Å². The topological polar surface area (TPSA) is 20.2 Å². The standard InChI is InChI=1S/C78H95OSi/c1-47(2)59-31-23-32-60(48(3)4)73(59)67-39-27-40-68(74-61(49(5)6)33-24-34-62(74)50(7)8)71(67)45-55-43-57(78(17,18)19)44-56(77(55)80(79)58-29-21-20-22-30-58)46-72-69(75-63(51(9)10)35-25-36-64(75)52(11)12)41-28-42-70(72)76-65(53(13)14)37-26-38-66(76)54(15)16/h20-44,47-54,79H,45-46H2,1-19H3. The van der Waals surface area contributed by atoms with Gasteiger partial charge in [0.2, 0.25) is 0 Å². The predicted octanol–water partition coefficient (Wildman–Crippen LogP) is 20.9. The third-order valence-corrected chi connectivity index (χ3v) is 19.1. The van der Waals surface area contributed by atoms with Gasteiger partial charge in [-0.15, -0.1) is 0 Å². The summed E-state index contributed by atoms with van der Waals surface area (Å²) in [4.78, 5) is 13.8. The smallest absolute Gasteiger partial charge is 0.280 e. The molecule has 80 heavy (non-hydrogen) atoms. The highest BCUT2D eigenvalue weighted by molar-refractivity contribution is 6.79. The van der Waals surface area contributed by atoms with E-state index in [9.17, 15) is 4.80 Å². The molecule has 0 aliphatic rings. The quantitative estimate of drug-likeness (QED) is 0.0849. The molecule has 0 heterocycles. The first kappa shape index (κ1) is 60.0. The molecule has 0 aliphatic carbocycles. The molecule has 8 rings (SSSR count). The second-order valence-electron chi connectivity index (χ2n) is 26.6. The Hall–Kier alpha value is -6.06. The third-order valence-electron chi connectivity index (χ3n) is 17.1. The fourth-order valence-corrected chi connectivity index (χ4v) is 14.6. The first-order valence-corrected chi connectivity index (χ1v) is 31.9. The molecule has 1 N–H and O–H groups in total. The second kappa shape index (κ2) is 25.0. The molecule has 0 atom stereocenters. The Balaban J connectivity index is 1.58. The monoisotopic (exact) mass is 1080 g/mol. The zero-order valence-corrected chi connectivity index (χ0v) is 53.4. The summed E-state index contributed by atoms with van der Waals surface area (Å²) in [5.74, 6) is 2.51. The summed E-state index contributed by atoms with van der Waals surface area (Å²) >= 11 is 0. The Morgan fingerprint density at radius 1 is 0.325 bits per heavy atom. The SMILES string of the molecule is CC(C)c1cccc(C(C)C)c1-c1cccc(-c2c(C(C)C)cccc2C(C)C)c1Cc1cc(C(C)(C)C)cc(Cc2c(-c3c(C(C)C)cccc3C(C)C)cccc2-c2c(C(C)C)cccc2C(C)C)c1[Si](O)c1ccccc1. The largest absolute Gasteiger partial charge is 0.424 e. The van der Waals surface area contributed by atoms with Crippen LogP contribution in [0.4, 0.5) is 0 Å². The highest BCUT2D eigenvalue weighted by atomic mass is 28.3. The summed E-state index contributed by atoms with van der Waals surface area (Å²) in [7, 11) is -2.38. The molecule has 1 radical (unpaired) electrons. The van der Waals surface area contributed by atoms with Crippen LogP contribution in [0.15, 0.2) is 152 Å². The van der Waals surface area contributed by atoms with Gasteiger partial charge in [-0.05, 0) is 193 Å². The van der Waals surface area contributed by atoms with Crippen LogP contribution in [0.25, 0.3) is 44.5 Å². The van der Waals surface area contributed by atoms with E-state index in [4.69, 9.17) is 0 Å². The van der Waals surface area contributed by atoms with Gasteiger partial charge in [-0.1, -0.05) is 283 Å². The van der Waals surface area contributed by atoms with E-state index in [1.807, 2.05) is 0 Å². The van der Waals surface area contributed by atoms with E-state index in [1.54, 1.807) is 0 Å². The molecular weight excluding hydrogens is 981 g/mol. The normalized spacial score (nSPS) is 12.4.